The van der Waals surface area contributed by atoms with E-state index in [1.54, 1.807) is 0 Å². The minimum atomic E-state index is -4.67. The second-order valence-corrected chi connectivity index (χ2v) is 8.51. The van der Waals surface area contributed by atoms with Gasteiger partial charge in [-0.15, -0.1) is 0 Å². The minimum Gasteiger partial charge on any atom is -0.488 e. The van der Waals surface area contributed by atoms with E-state index in [9.17, 15) is 23.1 Å². The van der Waals surface area contributed by atoms with Crippen LogP contribution < -0.4 is 4.74 Å². The molecule has 0 saturated heterocycles. The van der Waals surface area contributed by atoms with Gasteiger partial charge in [0.1, 0.15) is 18.1 Å². The van der Waals surface area contributed by atoms with Crippen LogP contribution in [0.15, 0.2) is 54.6 Å². The zero-order valence-electron chi connectivity index (χ0n) is 18.9. The molecular weight excluding hydrogens is 443 g/mol. The lowest BCUT2D eigenvalue weighted by Crippen LogP contribution is -2.11. The number of pyridine rings is 1. The van der Waals surface area contributed by atoms with Crippen LogP contribution in [0.4, 0.5) is 13.2 Å². The Bertz CT molecular complexity index is 1260. The summed E-state index contributed by atoms with van der Waals surface area (Å²) in [5.74, 6) is -0.865. The number of hydrogen-bond donors (Lipinski definition) is 1. The van der Waals surface area contributed by atoms with Crippen LogP contribution >= 0.6 is 0 Å². The Morgan fingerprint density at radius 1 is 0.971 bits per heavy atom. The molecule has 34 heavy (non-hydrogen) atoms. The molecule has 0 radical (unpaired) electrons. The maximum atomic E-state index is 13.5. The van der Waals surface area contributed by atoms with Gasteiger partial charge in [-0.2, -0.15) is 13.2 Å². The van der Waals surface area contributed by atoms with Gasteiger partial charge in [-0.05, 0) is 74.1 Å². The van der Waals surface area contributed by atoms with Gasteiger partial charge >= 0.3 is 12.1 Å². The summed E-state index contributed by atoms with van der Waals surface area (Å²) in [4.78, 5) is 15.5. The predicted molar refractivity (Wildman–Crippen MR) is 124 cm³/mol. The number of rotatable bonds is 6. The molecule has 1 heterocycles. The lowest BCUT2D eigenvalue weighted by molar-refractivity contribution is -0.137. The minimum absolute atomic E-state index is 0.0470. The lowest BCUT2D eigenvalue weighted by Gasteiger charge is -2.16. The fraction of sp³-hybridized carbons (Fsp3) is 0.259. The second kappa shape index (κ2) is 9.33. The zero-order chi connectivity index (χ0) is 24.5. The number of carboxylic acid groups (broad SMARTS) is 1. The van der Waals surface area contributed by atoms with Crippen molar-refractivity contribution in [2.24, 2.45) is 0 Å². The number of carbonyl (C=O) groups is 1. The van der Waals surface area contributed by atoms with E-state index in [4.69, 9.17) is 4.74 Å². The number of aromatic carboxylic acids is 1. The van der Waals surface area contributed by atoms with Crippen molar-refractivity contribution in [2.45, 2.75) is 45.9 Å². The van der Waals surface area contributed by atoms with Crippen molar-refractivity contribution in [3.63, 3.8) is 0 Å². The molecule has 0 spiro atoms. The summed E-state index contributed by atoms with van der Waals surface area (Å²) in [5, 5.41) is 9.34. The standard InChI is InChI=1S/C27H24F3NO3/c1-16-6-9-18(10-7-16)15-34-25-11-8-17(2)12-22(25)20-4-3-5-21(20)23-13-19(27(28,29)30)14-24(31-23)26(32)33/h6-14H,3-5,15H2,1-2H3,(H,32,33). The van der Waals surface area contributed by atoms with Crippen molar-refractivity contribution in [3.8, 4) is 5.75 Å². The SMILES string of the molecule is Cc1ccc(COc2ccc(C)cc2C2=C(c3cc(C(F)(F)F)cc(C(=O)O)n3)CCC2)cc1. The number of carboxylic acids is 1. The third-order valence-corrected chi connectivity index (χ3v) is 5.87. The van der Waals surface area contributed by atoms with Gasteiger partial charge in [-0.3, -0.25) is 0 Å². The summed E-state index contributed by atoms with van der Waals surface area (Å²) in [5.41, 5.74) is 3.81. The van der Waals surface area contributed by atoms with E-state index in [0.29, 0.717) is 36.8 Å². The van der Waals surface area contributed by atoms with Crippen molar-refractivity contribution in [3.05, 3.63) is 93.8 Å². The molecule has 4 rings (SSSR count). The van der Waals surface area contributed by atoms with E-state index >= 15 is 0 Å². The van der Waals surface area contributed by atoms with Crippen molar-refractivity contribution in [1.29, 1.82) is 0 Å². The molecule has 0 bridgehead atoms. The van der Waals surface area contributed by atoms with Gasteiger partial charge in [0.15, 0.2) is 0 Å². The number of aromatic nitrogens is 1. The highest BCUT2D eigenvalue weighted by atomic mass is 19.4. The Hall–Kier alpha value is -3.61. The predicted octanol–water partition coefficient (Wildman–Crippen LogP) is 7.09. The van der Waals surface area contributed by atoms with Crippen LogP contribution in [0.3, 0.4) is 0 Å². The molecule has 0 aliphatic heterocycles. The van der Waals surface area contributed by atoms with Gasteiger partial charge in [-0.25, -0.2) is 9.78 Å². The van der Waals surface area contributed by atoms with Crippen LogP contribution in [-0.2, 0) is 12.8 Å². The van der Waals surface area contributed by atoms with Crippen LogP contribution in [0.25, 0.3) is 11.1 Å². The first-order valence-electron chi connectivity index (χ1n) is 11.0. The van der Waals surface area contributed by atoms with Crippen molar-refractivity contribution >= 4 is 17.1 Å². The first-order chi connectivity index (χ1) is 16.1. The van der Waals surface area contributed by atoms with Crippen molar-refractivity contribution in [1.82, 2.24) is 4.98 Å². The summed E-state index contributed by atoms with van der Waals surface area (Å²) in [6.07, 6.45) is -2.79. The molecule has 0 fully saturated rings. The molecule has 0 unspecified atom stereocenters. The van der Waals surface area contributed by atoms with Crippen LogP contribution in [-0.4, -0.2) is 16.1 Å². The molecule has 1 aliphatic carbocycles. The summed E-state index contributed by atoms with van der Waals surface area (Å²) >= 11 is 0. The monoisotopic (exact) mass is 467 g/mol. The second-order valence-electron chi connectivity index (χ2n) is 8.51. The van der Waals surface area contributed by atoms with Crippen LogP contribution in [0.1, 0.15) is 63.3 Å². The molecule has 4 nitrogen and oxygen atoms in total. The molecule has 1 N–H and O–H groups in total. The quantitative estimate of drug-likeness (QED) is 0.420. The van der Waals surface area contributed by atoms with Crippen LogP contribution in [0, 0.1) is 13.8 Å². The van der Waals surface area contributed by atoms with E-state index in [0.717, 1.165) is 40.3 Å². The Labute approximate surface area is 195 Å². The summed E-state index contributed by atoms with van der Waals surface area (Å²) in [6.45, 7) is 4.30. The highest BCUT2D eigenvalue weighted by Gasteiger charge is 2.33. The van der Waals surface area contributed by atoms with Gasteiger partial charge in [0.25, 0.3) is 0 Å². The zero-order valence-corrected chi connectivity index (χ0v) is 18.9. The normalized spacial score (nSPS) is 13.9. The Balaban J connectivity index is 1.77. The van der Waals surface area contributed by atoms with Crippen LogP contribution in [0.5, 0.6) is 5.75 Å². The van der Waals surface area contributed by atoms with Crippen LogP contribution in [0.2, 0.25) is 0 Å². The first kappa shape index (κ1) is 23.5. The molecule has 0 saturated carbocycles. The number of aryl methyl sites for hydroxylation is 2. The Kier molecular flexibility index (Phi) is 6.46. The fourth-order valence-electron chi connectivity index (χ4n) is 4.13. The van der Waals surface area contributed by atoms with E-state index in [-0.39, 0.29) is 5.69 Å². The summed E-state index contributed by atoms with van der Waals surface area (Å²) in [7, 11) is 0. The molecule has 2 aromatic carbocycles. The van der Waals surface area contributed by atoms with Gasteiger partial charge in [0.05, 0.1) is 11.3 Å². The molecule has 1 aliphatic rings. The molecular formula is C27H24F3NO3. The molecule has 0 atom stereocenters. The van der Waals surface area contributed by atoms with Crippen molar-refractivity contribution in [2.75, 3.05) is 0 Å². The lowest BCUT2D eigenvalue weighted by atomic mass is 9.96. The van der Waals surface area contributed by atoms with E-state index < -0.39 is 23.4 Å². The van der Waals surface area contributed by atoms with E-state index in [2.05, 4.69) is 4.98 Å². The Morgan fingerprint density at radius 2 is 1.65 bits per heavy atom. The smallest absolute Gasteiger partial charge is 0.416 e. The highest BCUT2D eigenvalue weighted by Crippen LogP contribution is 2.43. The molecule has 3 aromatic rings. The van der Waals surface area contributed by atoms with Gasteiger partial charge in [0.2, 0.25) is 0 Å². The Morgan fingerprint density at radius 3 is 2.32 bits per heavy atom. The molecule has 7 heteroatoms. The summed E-state index contributed by atoms with van der Waals surface area (Å²) < 4.78 is 46.5. The number of halogens is 3. The third-order valence-electron chi connectivity index (χ3n) is 5.87. The maximum Gasteiger partial charge on any atom is 0.416 e. The first-order valence-corrected chi connectivity index (χ1v) is 11.0. The highest BCUT2D eigenvalue weighted by molar-refractivity contribution is 5.94. The van der Waals surface area contributed by atoms with Crippen molar-refractivity contribution < 1.29 is 27.8 Å². The number of hydrogen-bond acceptors (Lipinski definition) is 3. The average molecular weight is 467 g/mol. The number of nitrogens with zero attached hydrogens (tertiary/aromatic N) is 1. The van der Waals surface area contributed by atoms with E-state index in [1.807, 2.05) is 56.3 Å². The number of ether oxygens (including phenoxy) is 1. The fourth-order valence-corrected chi connectivity index (χ4v) is 4.13. The molecule has 0 amide bonds. The number of alkyl halides is 3. The largest absolute Gasteiger partial charge is 0.488 e. The molecule has 176 valence electrons. The molecule has 1 aromatic heterocycles. The average Bonchev–Trinajstić information content (AvgIpc) is 3.28. The topological polar surface area (TPSA) is 59.4 Å². The number of benzene rings is 2. The van der Waals surface area contributed by atoms with E-state index in [1.165, 1.54) is 0 Å². The van der Waals surface area contributed by atoms with Gasteiger partial charge in [0, 0.05) is 5.56 Å². The third kappa shape index (κ3) is 5.14. The summed E-state index contributed by atoms with van der Waals surface area (Å²) in [6, 6.07) is 15.2. The van der Waals surface area contributed by atoms with Gasteiger partial charge < -0.3 is 9.84 Å². The number of allylic oxidation sites excluding steroid dienone is 2. The maximum absolute atomic E-state index is 13.5. The van der Waals surface area contributed by atoms with Gasteiger partial charge in [-0.1, -0.05) is 41.5 Å².